The van der Waals surface area contributed by atoms with Gasteiger partial charge in [0.25, 0.3) is 0 Å². The van der Waals surface area contributed by atoms with Gasteiger partial charge < -0.3 is 14.0 Å². The van der Waals surface area contributed by atoms with Gasteiger partial charge in [0.15, 0.2) is 8.32 Å². The summed E-state index contributed by atoms with van der Waals surface area (Å²) in [5.41, 5.74) is 0. The van der Waals surface area contributed by atoms with Crippen molar-refractivity contribution in [1.29, 1.82) is 0 Å². The van der Waals surface area contributed by atoms with Gasteiger partial charge >= 0.3 is 14.0 Å². The number of amides is 1. The highest BCUT2D eigenvalue weighted by atomic mass is 32.2. The SMILES string of the molecule is [B]OC(=O)C1N2C(=O)[C@@H](CO[Si](C)(C)C(C)(C)C)C2SC1(C)C. The molecule has 2 heterocycles. The van der Waals surface area contributed by atoms with E-state index in [4.69, 9.17) is 12.5 Å². The van der Waals surface area contributed by atoms with Crippen LogP contribution < -0.4 is 0 Å². The predicted octanol–water partition coefficient (Wildman–Crippen LogP) is 2.31. The van der Waals surface area contributed by atoms with Gasteiger partial charge in [0.2, 0.25) is 5.91 Å². The van der Waals surface area contributed by atoms with Crippen LogP contribution in [0.5, 0.6) is 0 Å². The zero-order chi connectivity index (χ0) is 17.8. The van der Waals surface area contributed by atoms with Crippen molar-refractivity contribution in [2.75, 3.05) is 6.61 Å². The largest absolute Gasteiger partial charge is 0.542 e. The minimum absolute atomic E-state index is 0.0358. The van der Waals surface area contributed by atoms with E-state index in [-0.39, 0.29) is 22.2 Å². The number of thioether (sulfide) groups is 1. The van der Waals surface area contributed by atoms with Crippen LogP contribution in [0.1, 0.15) is 34.6 Å². The van der Waals surface area contributed by atoms with Crippen LogP contribution in [0, 0.1) is 5.92 Å². The molecule has 3 atom stereocenters. The molecule has 0 N–H and O–H groups in total. The first-order chi connectivity index (χ1) is 10.3. The highest BCUT2D eigenvalue weighted by Crippen LogP contribution is 2.53. The Balaban J connectivity index is 2.08. The minimum atomic E-state index is -1.90. The fourth-order valence-corrected chi connectivity index (χ4v) is 5.49. The lowest BCUT2D eigenvalue weighted by Crippen LogP contribution is -2.64. The third kappa shape index (κ3) is 3.09. The maximum atomic E-state index is 12.5. The number of carbonyl (C=O) groups is 2. The van der Waals surface area contributed by atoms with Crippen LogP contribution in [0.4, 0.5) is 0 Å². The zero-order valence-electron chi connectivity index (χ0n) is 15.0. The first kappa shape index (κ1) is 18.9. The summed E-state index contributed by atoms with van der Waals surface area (Å²) in [7, 11) is 3.14. The number of fused-ring (bicyclic) bond motifs is 1. The van der Waals surface area contributed by atoms with Crippen LogP contribution in [0.3, 0.4) is 0 Å². The van der Waals surface area contributed by atoms with E-state index >= 15 is 0 Å². The minimum Gasteiger partial charge on any atom is -0.542 e. The number of β-lactam (4-membered cyclic amide) rings is 1. The van der Waals surface area contributed by atoms with Crippen molar-refractivity contribution in [3.8, 4) is 0 Å². The van der Waals surface area contributed by atoms with Gasteiger partial charge in [-0.3, -0.25) is 9.59 Å². The summed E-state index contributed by atoms with van der Waals surface area (Å²) in [6.45, 7) is 15.2. The van der Waals surface area contributed by atoms with Crippen molar-refractivity contribution in [2.45, 2.75) is 68.9 Å². The maximum absolute atomic E-state index is 12.5. The zero-order valence-corrected chi connectivity index (χ0v) is 16.8. The van der Waals surface area contributed by atoms with Crippen LogP contribution in [0.25, 0.3) is 0 Å². The smallest absolute Gasteiger partial charge is 0.378 e. The molecule has 23 heavy (non-hydrogen) atoms. The Morgan fingerprint density at radius 3 is 2.43 bits per heavy atom. The van der Waals surface area contributed by atoms with Gasteiger partial charge in [0, 0.05) is 11.4 Å². The molecule has 2 rings (SSSR count). The molecule has 2 aliphatic rings. The van der Waals surface area contributed by atoms with E-state index < -0.39 is 25.1 Å². The van der Waals surface area contributed by atoms with E-state index in [1.165, 1.54) is 0 Å². The van der Waals surface area contributed by atoms with Crippen LogP contribution in [0.2, 0.25) is 18.1 Å². The van der Waals surface area contributed by atoms with Gasteiger partial charge in [-0.15, -0.1) is 11.8 Å². The molecule has 0 aliphatic carbocycles. The molecule has 2 radical (unpaired) electrons. The van der Waals surface area contributed by atoms with Gasteiger partial charge in [0.05, 0.1) is 11.3 Å². The molecule has 128 valence electrons. The van der Waals surface area contributed by atoms with E-state index in [1.807, 2.05) is 13.8 Å². The summed E-state index contributed by atoms with van der Waals surface area (Å²) in [5.74, 6) is -0.784. The monoisotopic (exact) mass is 355 g/mol. The van der Waals surface area contributed by atoms with E-state index in [0.717, 1.165) is 0 Å². The molecule has 0 aromatic heterocycles. The molecule has 0 aromatic carbocycles. The summed E-state index contributed by atoms with van der Waals surface area (Å²) in [6.07, 6.45) is 0. The molecule has 2 unspecified atom stereocenters. The second-order valence-corrected chi connectivity index (χ2v) is 15.0. The Morgan fingerprint density at radius 1 is 1.39 bits per heavy atom. The molecule has 0 spiro atoms. The maximum Gasteiger partial charge on any atom is 0.378 e. The lowest BCUT2D eigenvalue weighted by atomic mass is 9.92. The molecule has 0 saturated carbocycles. The summed E-state index contributed by atoms with van der Waals surface area (Å²) < 4.78 is 10.2. The molecule has 2 fully saturated rings. The third-order valence-corrected chi connectivity index (χ3v) is 11.4. The Labute approximate surface area is 145 Å². The van der Waals surface area contributed by atoms with Gasteiger partial charge in [-0.2, -0.15) is 0 Å². The van der Waals surface area contributed by atoms with Crippen molar-refractivity contribution in [1.82, 2.24) is 4.90 Å². The van der Waals surface area contributed by atoms with Crippen molar-refractivity contribution in [3.63, 3.8) is 0 Å². The number of rotatable bonds is 4. The average molecular weight is 355 g/mol. The lowest BCUT2D eigenvalue weighted by Gasteiger charge is -2.45. The topological polar surface area (TPSA) is 55.8 Å². The van der Waals surface area contributed by atoms with Gasteiger partial charge in [-0.05, 0) is 32.0 Å². The number of nitrogens with zero attached hydrogens (tertiary/aromatic N) is 1. The predicted molar refractivity (Wildman–Crippen MR) is 94.6 cm³/mol. The summed E-state index contributed by atoms with van der Waals surface area (Å²) in [6, 6.07) is -0.626. The van der Waals surface area contributed by atoms with Crippen LogP contribution in [-0.4, -0.2) is 55.9 Å². The molecule has 8 heteroatoms. The molecular weight excluding hydrogens is 329 g/mol. The van der Waals surface area contributed by atoms with Crippen LogP contribution in [-0.2, 0) is 18.7 Å². The molecule has 5 nitrogen and oxygen atoms in total. The first-order valence-electron chi connectivity index (χ1n) is 7.88. The Kier molecular flexibility index (Phi) is 4.76. The van der Waals surface area contributed by atoms with Crippen molar-refractivity contribution in [2.24, 2.45) is 5.92 Å². The van der Waals surface area contributed by atoms with Gasteiger partial charge in [-0.25, -0.2) is 0 Å². The van der Waals surface area contributed by atoms with Gasteiger partial charge in [-0.1, -0.05) is 20.8 Å². The third-order valence-electron chi connectivity index (χ3n) is 5.32. The molecule has 2 saturated heterocycles. The first-order valence-corrected chi connectivity index (χ1v) is 11.7. The Bertz CT molecular complexity index is 520. The molecule has 0 aromatic rings. The number of carbonyl (C=O) groups excluding carboxylic acids is 2. The average Bonchev–Trinajstić information content (AvgIpc) is 2.65. The highest BCUT2D eigenvalue weighted by molar-refractivity contribution is 8.01. The second-order valence-electron chi connectivity index (χ2n) is 8.37. The molecule has 0 bridgehead atoms. The normalized spacial score (nSPS) is 30.0. The van der Waals surface area contributed by atoms with Gasteiger partial charge in [0.1, 0.15) is 6.04 Å². The highest BCUT2D eigenvalue weighted by Gasteiger charge is 2.64. The van der Waals surface area contributed by atoms with Crippen molar-refractivity contribution in [3.05, 3.63) is 0 Å². The fraction of sp³-hybridized carbons (Fsp3) is 0.867. The summed E-state index contributed by atoms with van der Waals surface area (Å²) >= 11 is 1.62. The fourth-order valence-electron chi connectivity index (χ4n) is 2.80. The number of hydrogen-bond acceptors (Lipinski definition) is 5. The standard InChI is InChI=1S/C15H26BNO4SSi/c1-14(2,3)23(6,7)20-8-9-11(18)17-10(13(19)21-16)15(4,5)22-12(9)17/h9-10,12H,8H2,1-7H3/t9-,10?,12?/m1/s1. The van der Waals surface area contributed by atoms with Crippen LogP contribution in [0.15, 0.2) is 0 Å². The molecular formula is C15H26BNO4SSi. The van der Waals surface area contributed by atoms with E-state index in [2.05, 4.69) is 38.5 Å². The second kappa shape index (κ2) is 5.81. The summed E-state index contributed by atoms with van der Waals surface area (Å²) in [4.78, 5) is 26.1. The number of hydrogen-bond donors (Lipinski definition) is 0. The van der Waals surface area contributed by atoms with E-state index in [9.17, 15) is 9.59 Å². The Morgan fingerprint density at radius 2 is 1.96 bits per heavy atom. The van der Waals surface area contributed by atoms with E-state index in [0.29, 0.717) is 6.61 Å². The Hall–Kier alpha value is -0.468. The molecule has 1 amide bonds. The lowest BCUT2D eigenvalue weighted by molar-refractivity contribution is -0.163. The van der Waals surface area contributed by atoms with E-state index in [1.54, 1.807) is 16.7 Å². The molecule has 2 aliphatic heterocycles. The van der Waals surface area contributed by atoms with Crippen molar-refractivity contribution >= 4 is 40.0 Å². The van der Waals surface area contributed by atoms with Crippen LogP contribution >= 0.6 is 11.8 Å². The summed E-state index contributed by atoms with van der Waals surface area (Å²) in [5, 5.41) is 0.0689. The van der Waals surface area contributed by atoms with Crippen molar-refractivity contribution < 1.29 is 18.7 Å². The quantitative estimate of drug-likeness (QED) is 0.572.